The van der Waals surface area contributed by atoms with Crippen molar-refractivity contribution in [2.75, 3.05) is 0 Å². The summed E-state index contributed by atoms with van der Waals surface area (Å²) in [4.78, 5) is 19.2. The molecule has 4 fully saturated rings. The Hall–Kier alpha value is -2.24. The summed E-state index contributed by atoms with van der Waals surface area (Å²) < 4.78 is 1.03. The van der Waals surface area contributed by atoms with Crippen LogP contribution >= 0.6 is 27.5 Å². The lowest BCUT2D eigenvalue weighted by Gasteiger charge is -2.56. The van der Waals surface area contributed by atoms with E-state index in [4.69, 9.17) is 21.7 Å². The number of aryl methyl sites for hydroxylation is 1. The third-order valence-corrected chi connectivity index (χ3v) is 9.93. The summed E-state index contributed by atoms with van der Waals surface area (Å²) in [5, 5.41) is 8.36. The average Bonchev–Trinajstić information content (AvgIpc) is 3.27. The molecule has 0 N–H and O–H groups in total. The second-order valence-corrected chi connectivity index (χ2v) is 13.0. The van der Waals surface area contributed by atoms with Gasteiger partial charge < -0.3 is 0 Å². The fraction of sp³-hybridized carbons (Fsp3) is 0.433. The minimum absolute atomic E-state index is 0.207. The predicted molar refractivity (Wildman–Crippen MR) is 147 cm³/mol. The minimum atomic E-state index is -0.264. The van der Waals surface area contributed by atoms with E-state index >= 15 is 0 Å². The lowest BCUT2D eigenvalue weighted by atomic mass is 9.49. The van der Waals surface area contributed by atoms with E-state index in [1.807, 2.05) is 17.1 Å². The lowest BCUT2D eigenvalue weighted by Crippen LogP contribution is -2.53. The molecule has 0 radical (unpaired) electrons. The van der Waals surface area contributed by atoms with Gasteiger partial charge in [0.25, 0.3) is 0 Å². The van der Waals surface area contributed by atoms with Crippen LogP contribution < -0.4 is 0 Å². The largest absolute Gasteiger partial charge is 0.272 e. The first kappa shape index (κ1) is 22.9. The number of nitrogens with zero attached hydrogens (tertiary/aromatic N) is 3. The number of pyridine rings is 1. The number of aromatic nitrogens is 1. The molecule has 3 aromatic rings. The van der Waals surface area contributed by atoms with E-state index in [-0.39, 0.29) is 17.4 Å². The van der Waals surface area contributed by atoms with E-state index < -0.39 is 0 Å². The second kappa shape index (κ2) is 8.39. The Kier molecular flexibility index (Phi) is 5.34. The molecule has 6 heteroatoms. The number of hydrogen-bond acceptors (Lipinski definition) is 3. The van der Waals surface area contributed by atoms with E-state index in [9.17, 15) is 4.79 Å². The number of hydrazone groups is 1. The van der Waals surface area contributed by atoms with Gasteiger partial charge in [-0.1, -0.05) is 51.8 Å². The van der Waals surface area contributed by atoms with Gasteiger partial charge in [-0.2, -0.15) is 5.10 Å². The maximum absolute atomic E-state index is 14.5. The fourth-order valence-corrected chi connectivity index (χ4v) is 8.41. The zero-order chi connectivity index (χ0) is 24.6. The quantitative estimate of drug-likeness (QED) is 0.305. The highest BCUT2D eigenvalue weighted by molar-refractivity contribution is 9.10. The van der Waals surface area contributed by atoms with Gasteiger partial charge in [0.1, 0.15) is 5.15 Å². The van der Waals surface area contributed by atoms with Gasteiger partial charge in [-0.15, -0.1) is 0 Å². The highest BCUT2D eigenvalue weighted by atomic mass is 79.9. The molecule has 2 aromatic carbocycles. The van der Waals surface area contributed by atoms with Gasteiger partial charge in [-0.3, -0.25) is 4.79 Å². The smallest absolute Gasteiger partial charge is 0.249 e. The third-order valence-electron chi connectivity index (χ3n) is 9.10. The van der Waals surface area contributed by atoms with Crippen LogP contribution in [0.15, 0.2) is 58.1 Å². The maximum atomic E-state index is 14.5. The Morgan fingerprint density at radius 3 is 2.33 bits per heavy atom. The molecule has 1 aliphatic heterocycles. The number of fused-ring (bicyclic) bond motifs is 1. The van der Waals surface area contributed by atoms with Crippen molar-refractivity contribution >= 4 is 50.1 Å². The van der Waals surface area contributed by atoms with Crippen molar-refractivity contribution in [3.8, 4) is 0 Å². The first-order chi connectivity index (χ1) is 17.4. The van der Waals surface area contributed by atoms with Crippen molar-refractivity contribution in [3.63, 3.8) is 0 Å². The number of hydrogen-bond donors (Lipinski definition) is 0. The van der Waals surface area contributed by atoms with Gasteiger partial charge in [0.2, 0.25) is 5.91 Å². The average molecular weight is 563 g/mol. The number of halogens is 2. The summed E-state index contributed by atoms with van der Waals surface area (Å²) >= 11 is 10.4. The molecule has 8 rings (SSSR count). The summed E-state index contributed by atoms with van der Waals surface area (Å²) in [6.45, 7) is 2.06. The normalized spacial score (nSPS) is 30.8. The Bertz CT molecular complexity index is 1380. The highest BCUT2D eigenvalue weighted by Crippen LogP contribution is 2.61. The highest BCUT2D eigenvalue weighted by Gasteiger charge is 2.57. The van der Waals surface area contributed by atoms with E-state index in [0.717, 1.165) is 57.0 Å². The molecule has 0 spiro atoms. The number of carbonyl (C=O) groups excluding carboxylic acids is 1. The molecule has 184 valence electrons. The summed E-state index contributed by atoms with van der Waals surface area (Å²) in [7, 11) is 0. The van der Waals surface area contributed by atoms with Crippen LogP contribution in [0.25, 0.3) is 10.9 Å². The van der Waals surface area contributed by atoms with E-state index in [1.165, 1.54) is 19.3 Å². The first-order valence-corrected chi connectivity index (χ1v) is 14.3. The molecule has 36 heavy (non-hydrogen) atoms. The van der Waals surface area contributed by atoms with Gasteiger partial charge in [-0.05, 0) is 98.6 Å². The van der Waals surface area contributed by atoms with Crippen LogP contribution in [-0.2, 0) is 4.79 Å². The Morgan fingerprint density at radius 1 is 1.00 bits per heavy atom. The molecule has 1 amide bonds. The van der Waals surface area contributed by atoms with Crippen molar-refractivity contribution < 1.29 is 4.79 Å². The first-order valence-electron chi connectivity index (χ1n) is 13.1. The Labute approximate surface area is 225 Å². The Morgan fingerprint density at radius 2 is 1.67 bits per heavy atom. The molecule has 1 atom stereocenters. The van der Waals surface area contributed by atoms with Crippen LogP contribution in [0, 0.1) is 30.1 Å². The van der Waals surface area contributed by atoms with Crippen LogP contribution in [0.4, 0.5) is 0 Å². The molecule has 5 aliphatic rings. The van der Waals surface area contributed by atoms with E-state index in [1.54, 1.807) is 0 Å². The Balaban J connectivity index is 1.31. The minimum Gasteiger partial charge on any atom is -0.272 e. The zero-order valence-corrected chi connectivity index (χ0v) is 22.7. The molecule has 4 saturated carbocycles. The van der Waals surface area contributed by atoms with Crippen molar-refractivity contribution in [3.05, 3.63) is 74.8 Å². The van der Waals surface area contributed by atoms with Crippen LogP contribution in [0.2, 0.25) is 5.15 Å². The molecule has 2 heterocycles. The van der Waals surface area contributed by atoms with Crippen molar-refractivity contribution in [2.24, 2.45) is 28.3 Å². The molecule has 0 saturated heterocycles. The maximum Gasteiger partial charge on any atom is 0.249 e. The summed E-state index contributed by atoms with van der Waals surface area (Å²) in [6.07, 6.45) is 7.63. The van der Waals surface area contributed by atoms with Crippen molar-refractivity contribution in [1.82, 2.24) is 9.99 Å². The number of amides is 1. The SMILES string of the molecule is Cc1ccc2cc([C@H]3CC(c4ccc(Br)cc4)=NN3C(=O)C34CC5CC(CC(C5)C3)C4)c(Cl)nc2c1. The summed E-state index contributed by atoms with van der Waals surface area (Å²) in [5.41, 5.74) is 4.64. The molecule has 0 unspecified atom stereocenters. The second-order valence-electron chi connectivity index (χ2n) is 11.7. The topological polar surface area (TPSA) is 45.6 Å². The fourth-order valence-electron chi connectivity index (χ4n) is 7.88. The van der Waals surface area contributed by atoms with Gasteiger partial charge >= 0.3 is 0 Å². The van der Waals surface area contributed by atoms with Gasteiger partial charge in [-0.25, -0.2) is 9.99 Å². The molecule has 4 aliphatic carbocycles. The van der Waals surface area contributed by atoms with E-state index in [2.05, 4.69) is 59.3 Å². The monoisotopic (exact) mass is 561 g/mol. The molecular weight excluding hydrogens is 534 g/mol. The third kappa shape index (κ3) is 3.73. The number of benzene rings is 2. The van der Waals surface area contributed by atoms with Crippen molar-refractivity contribution in [1.29, 1.82) is 0 Å². The van der Waals surface area contributed by atoms with E-state index in [0.29, 0.717) is 29.3 Å². The molecule has 4 bridgehead atoms. The van der Waals surface area contributed by atoms with Crippen LogP contribution in [0.3, 0.4) is 0 Å². The molecular formula is C30H29BrClN3O. The summed E-state index contributed by atoms with van der Waals surface area (Å²) in [6, 6.07) is 16.3. The molecule has 1 aromatic heterocycles. The number of carbonyl (C=O) groups is 1. The van der Waals surface area contributed by atoms with Crippen LogP contribution in [-0.4, -0.2) is 21.6 Å². The number of rotatable bonds is 3. The summed E-state index contributed by atoms with van der Waals surface area (Å²) in [5.74, 6) is 2.31. The van der Waals surface area contributed by atoms with Crippen molar-refractivity contribution in [2.45, 2.75) is 57.9 Å². The standard InChI is InChI=1S/C30H29BrClN3O/c1-17-2-3-22-12-24(28(32)33-25(22)8-17)27-13-26(21-4-6-23(31)7-5-21)34-35(27)29(36)30-14-18-9-19(15-30)11-20(10-18)16-30/h2-8,12,18-20,27H,9-11,13-16H2,1H3/t18?,19?,20?,27-,30?/m1/s1. The van der Waals surface area contributed by atoms with Gasteiger partial charge in [0, 0.05) is 21.8 Å². The lowest BCUT2D eigenvalue weighted by molar-refractivity contribution is -0.159. The van der Waals surface area contributed by atoms with Crippen LogP contribution in [0.5, 0.6) is 0 Å². The van der Waals surface area contributed by atoms with Crippen LogP contribution in [0.1, 0.15) is 67.7 Å². The molecule has 4 nitrogen and oxygen atoms in total. The predicted octanol–water partition coefficient (Wildman–Crippen LogP) is 7.85. The van der Waals surface area contributed by atoms with Gasteiger partial charge in [0.05, 0.1) is 22.7 Å². The van der Waals surface area contributed by atoms with Gasteiger partial charge in [0.15, 0.2) is 0 Å². The zero-order valence-electron chi connectivity index (χ0n) is 20.4.